The summed E-state index contributed by atoms with van der Waals surface area (Å²) in [4.78, 5) is 1.32. The van der Waals surface area contributed by atoms with Crippen LogP contribution in [0.25, 0.3) is 0 Å². The molecule has 92 valence electrons. The van der Waals surface area contributed by atoms with Gasteiger partial charge in [-0.1, -0.05) is 0 Å². The van der Waals surface area contributed by atoms with Crippen LogP contribution in [0.3, 0.4) is 0 Å². The summed E-state index contributed by atoms with van der Waals surface area (Å²) in [6, 6.07) is -0.614. The molecule has 0 rings (SSSR count). The number of aliphatic hydroxyl groups is 3. The molecule has 0 aliphatic heterocycles. The topological polar surface area (TPSA) is 118 Å². The van der Waals surface area contributed by atoms with Gasteiger partial charge in [-0.15, -0.1) is 0 Å². The van der Waals surface area contributed by atoms with Gasteiger partial charge in [-0.3, -0.25) is 9.45 Å². The predicted octanol–water partition coefficient (Wildman–Crippen LogP) is -2.13. The van der Waals surface area contributed by atoms with Gasteiger partial charge in [0, 0.05) is 6.54 Å². The molecule has 0 unspecified atom stereocenters. The molecule has 7 nitrogen and oxygen atoms in total. The molecular weight excluding hydrogens is 226 g/mol. The summed E-state index contributed by atoms with van der Waals surface area (Å²) in [5.41, 5.74) is 0. The molecule has 0 aromatic rings. The quantitative estimate of drug-likeness (QED) is 0.284. The van der Waals surface area contributed by atoms with Crippen molar-refractivity contribution in [1.82, 2.24) is 4.90 Å². The first-order valence-electron chi connectivity index (χ1n) is 4.46. The molecule has 0 amide bonds. The van der Waals surface area contributed by atoms with Crippen molar-refractivity contribution in [2.75, 3.05) is 32.2 Å². The SMILES string of the molecule is O=S(=O)(O)CCCN(CO)C(CO)CO. The minimum atomic E-state index is -4.00. The first-order chi connectivity index (χ1) is 6.94. The summed E-state index contributed by atoms with van der Waals surface area (Å²) in [6.45, 7) is -0.884. The average molecular weight is 243 g/mol. The predicted molar refractivity (Wildman–Crippen MR) is 52.8 cm³/mol. The lowest BCUT2D eigenvalue weighted by Crippen LogP contribution is -2.42. The van der Waals surface area contributed by atoms with Crippen molar-refractivity contribution in [2.45, 2.75) is 12.5 Å². The molecule has 0 aromatic heterocycles. The van der Waals surface area contributed by atoms with Gasteiger partial charge in [0.25, 0.3) is 10.1 Å². The average Bonchev–Trinajstić information content (AvgIpc) is 2.15. The summed E-state index contributed by atoms with van der Waals surface area (Å²) in [5, 5.41) is 26.5. The van der Waals surface area contributed by atoms with Crippen molar-refractivity contribution < 1.29 is 28.3 Å². The van der Waals surface area contributed by atoms with E-state index in [1.165, 1.54) is 4.90 Å². The molecule has 0 fully saturated rings. The highest BCUT2D eigenvalue weighted by atomic mass is 32.2. The maximum absolute atomic E-state index is 10.4. The van der Waals surface area contributed by atoms with Gasteiger partial charge in [-0.05, 0) is 6.42 Å². The lowest BCUT2D eigenvalue weighted by atomic mass is 10.3. The Morgan fingerprint density at radius 2 is 1.67 bits per heavy atom. The van der Waals surface area contributed by atoms with Gasteiger partial charge in [0.15, 0.2) is 0 Å². The zero-order chi connectivity index (χ0) is 11.9. The molecule has 8 heteroatoms. The number of nitrogens with zero attached hydrogens (tertiary/aromatic N) is 1. The lowest BCUT2D eigenvalue weighted by molar-refractivity contribution is 0.0142. The number of hydrogen-bond acceptors (Lipinski definition) is 6. The van der Waals surface area contributed by atoms with E-state index in [1.807, 2.05) is 0 Å². The summed E-state index contributed by atoms with van der Waals surface area (Å²) in [5.74, 6) is -0.410. The van der Waals surface area contributed by atoms with Crippen LogP contribution in [-0.4, -0.2) is 71.5 Å². The standard InChI is InChI=1S/C7H17NO6S/c9-4-7(5-10)8(6-11)2-1-3-15(12,13)14/h7,9-11H,1-6H2,(H,12,13,14). The van der Waals surface area contributed by atoms with E-state index in [0.29, 0.717) is 0 Å². The zero-order valence-electron chi connectivity index (χ0n) is 8.28. The summed E-state index contributed by atoms with van der Waals surface area (Å²) >= 11 is 0. The Morgan fingerprint density at radius 3 is 2.00 bits per heavy atom. The molecule has 0 aromatic carbocycles. The fourth-order valence-corrected chi connectivity index (χ4v) is 1.60. The molecule has 0 bridgehead atoms. The van der Waals surface area contributed by atoms with Crippen molar-refractivity contribution in [3.63, 3.8) is 0 Å². The third-order valence-corrected chi connectivity index (χ3v) is 2.77. The number of rotatable bonds is 8. The van der Waals surface area contributed by atoms with Crippen LogP contribution in [0.1, 0.15) is 6.42 Å². The number of aliphatic hydroxyl groups excluding tert-OH is 3. The van der Waals surface area contributed by atoms with Crippen LogP contribution in [0, 0.1) is 0 Å². The fourth-order valence-electron chi connectivity index (χ4n) is 1.11. The summed E-state index contributed by atoms with van der Waals surface area (Å²) < 4.78 is 29.2. The van der Waals surface area contributed by atoms with Crippen LogP contribution >= 0.6 is 0 Å². The van der Waals surface area contributed by atoms with Gasteiger partial charge in [0.2, 0.25) is 0 Å². The van der Waals surface area contributed by atoms with Gasteiger partial charge >= 0.3 is 0 Å². The van der Waals surface area contributed by atoms with Crippen LogP contribution in [-0.2, 0) is 10.1 Å². The van der Waals surface area contributed by atoms with Crippen LogP contribution < -0.4 is 0 Å². The van der Waals surface area contributed by atoms with E-state index in [4.69, 9.17) is 19.9 Å². The molecule has 0 saturated carbocycles. The van der Waals surface area contributed by atoms with Crippen molar-refractivity contribution in [3.05, 3.63) is 0 Å². The van der Waals surface area contributed by atoms with E-state index in [2.05, 4.69) is 0 Å². The minimum Gasteiger partial charge on any atom is -0.395 e. The van der Waals surface area contributed by atoms with Gasteiger partial charge in [-0.25, -0.2) is 0 Å². The Morgan fingerprint density at radius 1 is 1.13 bits per heavy atom. The van der Waals surface area contributed by atoms with E-state index in [-0.39, 0.29) is 26.2 Å². The van der Waals surface area contributed by atoms with E-state index >= 15 is 0 Å². The Kier molecular flexibility index (Phi) is 6.98. The third kappa shape index (κ3) is 6.77. The molecule has 4 N–H and O–H groups in total. The first-order valence-corrected chi connectivity index (χ1v) is 6.07. The second-order valence-corrected chi connectivity index (χ2v) is 4.68. The van der Waals surface area contributed by atoms with Crippen molar-refractivity contribution >= 4 is 10.1 Å². The van der Waals surface area contributed by atoms with Crippen LogP contribution in [0.15, 0.2) is 0 Å². The smallest absolute Gasteiger partial charge is 0.264 e. The lowest BCUT2D eigenvalue weighted by Gasteiger charge is -2.26. The number of hydrogen-bond donors (Lipinski definition) is 4. The molecule has 15 heavy (non-hydrogen) atoms. The Balaban J connectivity index is 4.00. The second kappa shape index (κ2) is 7.09. The Hall–Kier alpha value is -0.250. The van der Waals surface area contributed by atoms with Crippen molar-refractivity contribution in [3.8, 4) is 0 Å². The second-order valence-electron chi connectivity index (χ2n) is 3.11. The largest absolute Gasteiger partial charge is 0.395 e. The molecule has 0 heterocycles. The molecule has 0 atom stereocenters. The van der Waals surface area contributed by atoms with Crippen molar-refractivity contribution in [2.24, 2.45) is 0 Å². The highest BCUT2D eigenvalue weighted by Crippen LogP contribution is 2.00. The highest BCUT2D eigenvalue weighted by Gasteiger charge is 2.16. The van der Waals surface area contributed by atoms with Gasteiger partial charge in [-0.2, -0.15) is 8.42 Å². The maximum Gasteiger partial charge on any atom is 0.264 e. The van der Waals surface area contributed by atoms with E-state index < -0.39 is 28.6 Å². The van der Waals surface area contributed by atoms with E-state index in [0.717, 1.165) is 0 Å². The van der Waals surface area contributed by atoms with Crippen LogP contribution in [0.5, 0.6) is 0 Å². The van der Waals surface area contributed by atoms with E-state index in [9.17, 15) is 8.42 Å². The first kappa shape index (κ1) is 14.8. The highest BCUT2D eigenvalue weighted by molar-refractivity contribution is 7.85. The Bertz CT molecular complexity index is 250. The van der Waals surface area contributed by atoms with Crippen LogP contribution in [0.2, 0.25) is 0 Å². The molecular formula is C7H17NO6S. The van der Waals surface area contributed by atoms with Crippen molar-refractivity contribution in [1.29, 1.82) is 0 Å². The fraction of sp³-hybridized carbons (Fsp3) is 1.00. The maximum atomic E-state index is 10.4. The van der Waals surface area contributed by atoms with Gasteiger partial charge in [0.05, 0.1) is 31.7 Å². The minimum absolute atomic E-state index is 0.121. The molecule has 0 spiro atoms. The third-order valence-electron chi connectivity index (χ3n) is 1.97. The Labute approximate surface area is 88.7 Å². The molecule has 0 saturated heterocycles. The molecule has 0 aliphatic rings. The van der Waals surface area contributed by atoms with Crippen LogP contribution in [0.4, 0.5) is 0 Å². The van der Waals surface area contributed by atoms with Gasteiger partial charge < -0.3 is 15.3 Å². The molecule has 0 aliphatic carbocycles. The summed E-state index contributed by atoms with van der Waals surface area (Å²) in [7, 11) is -4.00. The van der Waals surface area contributed by atoms with E-state index in [1.54, 1.807) is 0 Å². The summed E-state index contributed by atoms with van der Waals surface area (Å²) in [6.07, 6.45) is 0.121. The monoisotopic (exact) mass is 243 g/mol. The normalized spacial score (nSPS) is 12.7. The van der Waals surface area contributed by atoms with Gasteiger partial charge in [0.1, 0.15) is 0 Å². The zero-order valence-corrected chi connectivity index (χ0v) is 9.10. The molecule has 0 radical (unpaired) electrons.